The van der Waals surface area contributed by atoms with E-state index in [1.807, 2.05) is 0 Å². The lowest BCUT2D eigenvalue weighted by Gasteiger charge is -2.23. The second-order valence-corrected chi connectivity index (χ2v) is 4.81. The zero-order valence-corrected chi connectivity index (χ0v) is 11.4. The number of rotatable bonds is 7. The van der Waals surface area contributed by atoms with E-state index in [9.17, 15) is 23.5 Å². The highest BCUT2D eigenvalue weighted by atomic mass is 19.3. The molecule has 0 spiro atoms. The smallest absolute Gasteiger partial charge is 0.317 e. The normalized spacial score (nSPS) is 22.3. The van der Waals surface area contributed by atoms with Crippen molar-refractivity contribution in [3.05, 3.63) is 0 Å². The molecular formula is C12H20F2N2O4. The predicted molar refractivity (Wildman–Crippen MR) is 66.8 cm³/mol. The number of urea groups is 1. The molecule has 1 atom stereocenters. The molecule has 1 aliphatic heterocycles. The van der Waals surface area contributed by atoms with Crippen molar-refractivity contribution in [2.45, 2.75) is 26.2 Å². The van der Waals surface area contributed by atoms with Gasteiger partial charge in [-0.1, -0.05) is 6.92 Å². The number of nitrogens with one attached hydrogen (secondary N) is 1. The molecule has 8 heteroatoms. The molecule has 0 aromatic carbocycles. The van der Waals surface area contributed by atoms with Crippen LogP contribution in [0.3, 0.4) is 0 Å². The zero-order chi connectivity index (χ0) is 15.2. The Bertz CT molecular complexity index is 354. The van der Waals surface area contributed by atoms with E-state index >= 15 is 0 Å². The number of carbonyl (C=O) groups is 2. The second kappa shape index (κ2) is 7.37. The summed E-state index contributed by atoms with van der Waals surface area (Å²) in [5.41, 5.74) is -0.872. The number of ether oxygens (including phenoxy) is 1. The van der Waals surface area contributed by atoms with Crippen LogP contribution in [0.15, 0.2) is 0 Å². The fourth-order valence-corrected chi connectivity index (χ4v) is 2.17. The summed E-state index contributed by atoms with van der Waals surface area (Å²) in [6.07, 6.45) is -1.64. The third-order valence-corrected chi connectivity index (χ3v) is 3.54. The molecule has 0 aliphatic carbocycles. The number of nitrogens with zero attached hydrogens (tertiary/aromatic N) is 1. The standard InChI is InChI=1S/C12H20F2N2O4/c1-2-12(10(17)18)3-5-16(8-12)11(19)15-4-6-20-7-9(13)14/h9H,2-8H2,1H3,(H,15,19)(H,17,18). The Morgan fingerprint density at radius 3 is 2.70 bits per heavy atom. The zero-order valence-electron chi connectivity index (χ0n) is 11.4. The predicted octanol–water partition coefficient (Wildman–Crippen LogP) is 1.16. The van der Waals surface area contributed by atoms with Crippen molar-refractivity contribution in [2.24, 2.45) is 5.41 Å². The van der Waals surface area contributed by atoms with Crippen LogP contribution >= 0.6 is 0 Å². The van der Waals surface area contributed by atoms with Crippen molar-refractivity contribution in [1.82, 2.24) is 10.2 Å². The van der Waals surface area contributed by atoms with Gasteiger partial charge >= 0.3 is 12.0 Å². The first kappa shape index (κ1) is 16.6. The summed E-state index contributed by atoms with van der Waals surface area (Å²) in [5, 5.41) is 11.7. The van der Waals surface area contributed by atoms with Crippen LogP contribution in [0.1, 0.15) is 19.8 Å². The molecule has 116 valence electrons. The molecule has 1 heterocycles. The van der Waals surface area contributed by atoms with E-state index in [2.05, 4.69) is 10.1 Å². The van der Waals surface area contributed by atoms with Crippen LogP contribution in [0.4, 0.5) is 13.6 Å². The molecule has 1 rings (SSSR count). The third kappa shape index (κ3) is 4.29. The molecule has 0 radical (unpaired) electrons. The van der Waals surface area contributed by atoms with Crippen LogP contribution < -0.4 is 5.32 Å². The Labute approximate surface area is 116 Å². The summed E-state index contributed by atoms with van der Waals surface area (Å²) in [5.74, 6) is -0.893. The maximum Gasteiger partial charge on any atom is 0.317 e. The number of carboxylic acid groups (broad SMARTS) is 1. The van der Waals surface area contributed by atoms with Crippen LogP contribution in [-0.4, -0.2) is 61.3 Å². The van der Waals surface area contributed by atoms with E-state index in [0.717, 1.165) is 0 Å². The number of hydrogen-bond acceptors (Lipinski definition) is 3. The highest BCUT2D eigenvalue weighted by molar-refractivity contribution is 5.79. The first-order valence-electron chi connectivity index (χ1n) is 6.53. The van der Waals surface area contributed by atoms with Gasteiger partial charge in [-0.3, -0.25) is 4.79 Å². The molecule has 1 unspecified atom stereocenters. The van der Waals surface area contributed by atoms with Gasteiger partial charge in [0, 0.05) is 19.6 Å². The number of halogens is 2. The topological polar surface area (TPSA) is 78.9 Å². The Kier molecular flexibility index (Phi) is 6.12. The van der Waals surface area contributed by atoms with Crippen molar-refractivity contribution in [1.29, 1.82) is 0 Å². The highest BCUT2D eigenvalue weighted by Crippen LogP contribution is 2.34. The summed E-state index contributed by atoms with van der Waals surface area (Å²) in [4.78, 5) is 24.5. The second-order valence-electron chi connectivity index (χ2n) is 4.81. The summed E-state index contributed by atoms with van der Waals surface area (Å²) in [6, 6.07) is -0.387. The number of aliphatic carboxylic acids is 1. The van der Waals surface area contributed by atoms with E-state index in [0.29, 0.717) is 19.4 Å². The molecule has 2 N–H and O–H groups in total. The maximum absolute atomic E-state index is 11.8. The quantitative estimate of drug-likeness (QED) is 0.691. The molecule has 2 amide bonds. The van der Waals surface area contributed by atoms with Crippen LogP contribution in [0.2, 0.25) is 0 Å². The summed E-state index contributed by atoms with van der Waals surface area (Å²) in [7, 11) is 0. The van der Waals surface area contributed by atoms with Crippen molar-refractivity contribution in [2.75, 3.05) is 32.8 Å². The Morgan fingerprint density at radius 1 is 1.50 bits per heavy atom. The molecule has 1 fully saturated rings. The molecule has 6 nitrogen and oxygen atoms in total. The molecule has 0 saturated carbocycles. The number of hydrogen-bond donors (Lipinski definition) is 2. The lowest BCUT2D eigenvalue weighted by atomic mass is 9.84. The number of amides is 2. The van der Waals surface area contributed by atoms with Crippen LogP contribution in [0, 0.1) is 5.41 Å². The highest BCUT2D eigenvalue weighted by Gasteiger charge is 2.44. The van der Waals surface area contributed by atoms with Gasteiger partial charge in [-0.25, -0.2) is 13.6 Å². The lowest BCUT2D eigenvalue weighted by molar-refractivity contribution is -0.148. The first-order valence-corrected chi connectivity index (χ1v) is 6.53. The van der Waals surface area contributed by atoms with Crippen LogP contribution in [-0.2, 0) is 9.53 Å². The van der Waals surface area contributed by atoms with Gasteiger partial charge in [0.25, 0.3) is 6.43 Å². The maximum atomic E-state index is 11.8. The average Bonchev–Trinajstić information content (AvgIpc) is 2.83. The largest absolute Gasteiger partial charge is 0.481 e. The van der Waals surface area contributed by atoms with Crippen molar-refractivity contribution >= 4 is 12.0 Å². The first-order chi connectivity index (χ1) is 9.41. The Morgan fingerprint density at radius 2 is 2.20 bits per heavy atom. The van der Waals surface area contributed by atoms with E-state index in [-0.39, 0.29) is 25.7 Å². The van der Waals surface area contributed by atoms with E-state index in [1.54, 1.807) is 6.92 Å². The average molecular weight is 294 g/mol. The van der Waals surface area contributed by atoms with Gasteiger partial charge in [0.15, 0.2) is 0 Å². The van der Waals surface area contributed by atoms with Gasteiger partial charge in [-0.15, -0.1) is 0 Å². The van der Waals surface area contributed by atoms with Gasteiger partial charge in [0.05, 0.1) is 12.0 Å². The molecule has 0 bridgehead atoms. The van der Waals surface area contributed by atoms with Crippen molar-refractivity contribution in [3.63, 3.8) is 0 Å². The summed E-state index contributed by atoms with van der Waals surface area (Å²) in [6.45, 7) is 1.80. The summed E-state index contributed by atoms with van der Waals surface area (Å²) >= 11 is 0. The molecule has 0 aromatic rings. The van der Waals surface area contributed by atoms with E-state index < -0.39 is 24.4 Å². The molecule has 1 saturated heterocycles. The van der Waals surface area contributed by atoms with E-state index in [4.69, 9.17) is 0 Å². The van der Waals surface area contributed by atoms with Crippen LogP contribution in [0.5, 0.6) is 0 Å². The van der Waals surface area contributed by atoms with Gasteiger partial charge in [-0.05, 0) is 12.8 Å². The number of alkyl halides is 2. The number of likely N-dealkylation sites (tertiary alicyclic amines) is 1. The monoisotopic (exact) mass is 294 g/mol. The number of carboxylic acids is 1. The number of carbonyl (C=O) groups excluding carboxylic acids is 1. The van der Waals surface area contributed by atoms with Crippen molar-refractivity contribution < 1.29 is 28.2 Å². The van der Waals surface area contributed by atoms with Crippen molar-refractivity contribution in [3.8, 4) is 0 Å². The van der Waals surface area contributed by atoms with E-state index in [1.165, 1.54) is 4.90 Å². The fraction of sp³-hybridized carbons (Fsp3) is 0.833. The molecule has 0 aromatic heterocycles. The summed E-state index contributed by atoms with van der Waals surface area (Å²) < 4.78 is 28.2. The van der Waals surface area contributed by atoms with Gasteiger partial charge in [0.2, 0.25) is 0 Å². The third-order valence-electron chi connectivity index (χ3n) is 3.54. The molecular weight excluding hydrogens is 274 g/mol. The van der Waals surface area contributed by atoms with Gasteiger partial charge < -0.3 is 20.1 Å². The lowest BCUT2D eigenvalue weighted by Crippen LogP contribution is -2.42. The van der Waals surface area contributed by atoms with Gasteiger partial charge in [0.1, 0.15) is 6.61 Å². The SMILES string of the molecule is CCC1(C(=O)O)CCN(C(=O)NCCOCC(F)F)C1. The van der Waals surface area contributed by atoms with Gasteiger partial charge in [-0.2, -0.15) is 0 Å². The minimum atomic E-state index is -2.52. The minimum Gasteiger partial charge on any atom is -0.481 e. The Balaban J connectivity index is 2.30. The van der Waals surface area contributed by atoms with Crippen LogP contribution in [0.25, 0.3) is 0 Å². The Hall–Kier alpha value is -1.44. The fourth-order valence-electron chi connectivity index (χ4n) is 2.17. The molecule has 20 heavy (non-hydrogen) atoms. The molecule has 1 aliphatic rings. The minimum absolute atomic E-state index is 0.00176.